The Labute approximate surface area is 71.8 Å². The number of primary amides is 2. The molecule has 1 aromatic rings. The van der Waals surface area contributed by atoms with Gasteiger partial charge in [0.2, 0.25) is 0 Å². The molecule has 0 bridgehead atoms. The highest BCUT2D eigenvalue weighted by molar-refractivity contribution is 5.93. The first-order valence-corrected chi connectivity index (χ1v) is 3.21. The first-order chi connectivity index (χ1) is 6.02. The maximum absolute atomic E-state index is 11.0. The molecule has 0 saturated heterocycles. The number of hydrogen-bond acceptors (Lipinski definition) is 4. The second kappa shape index (κ2) is 3.05. The normalized spacial score (nSPS) is 9.54. The van der Waals surface area contributed by atoms with Crippen LogP contribution in [0.25, 0.3) is 0 Å². The lowest BCUT2D eigenvalue weighted by molar-refractivity contribution is 0.0978. The van der Waals surface area contributed by atoms with Crippen molar-refractivity contribution in [2.75, 3.05) is 0 Å². The van der Waals surface area contributed by atoms with Gasteiger partial charge in [-0.2, -0.15) is 0 Å². The summed E-state index contributed by atoms with van der Waals surface area (Å²) in [6, 6.07) is 0. The van der Waals surface area contributed by atoms with E-state index < -0.39 is 17.4 Å². The number of carbonyl (C=O) groups excluding carboxylic acids is 2. The predicted molar refractivity (Wildman–Crippen MR) is 41.9 cm³/mol. The summed E-state index contributed by atoms with van der Waals surface area (Å²) < 4.78 is 0. The Hall–Kier alpha value is -2.18. The maximum atomic E-state index is 11.0. The number of rotatable bonds is 2. The summed E-state index contributed by atoms with van der Waals surface area (Å²) in [6.45, 7) is 0. The van der Waals surface area contributed by atoms with Crippen LogP contribution in [0.5, 0.6) is 0 Å². The van der Waals surface area contributed by atoms with Gasteiger partial charge in [0, 0.05) is 6.20 Å². The summed E-state index contributed by atoms with van der Waals surface area (Å²) in [4.78, 5) is 37.5. The minimum absolute atomic E-state index is 0.310. The average molecular weight is 182 g/mol. The Morgan fingerprint density at radius 2 is 1.92 bits per heavy atom. The van der Waals surface area contributed by atoms with Crippen molar-refractivity contribution in [3.63, 3.8) is 0 Å². The van der Waals surface area contributed by atoms with E-state index in [-0.39, 0.29) is 11.4 Å². The monoisotopic (exact) mass is 182 g/mol. The molecule has 7 heteroatoms. The molecule has 0 aromatic carbocycles. The van der Waals surface area contributed by atoms with Crippen LogP contribution in [0.15, 0.2) is 11.0 Å². The molecule has 0 aliphatic carbocycles. The third kappa shape index (κ3) is 1.70. The second-order valence-corrected chi connectivity index (χ2v) is 2.20. The molecule has 68 valence electrons. The van der Waals surface area contributed by atoms with E-state index in [0.717, 1.165) is 6.20 Å². The zero-order valence-corrected chi connectivity index (χ0v) is 6.40. The van der Waals surface area contributed by atoms with Gasteiger partial charge < -0.3 is 16.5 Å². The lowest BCUT2D eigenvalue weighted by Gasteiger charge is -1.95. The first-order valence-electron chi connectivity index (χ1n) is 3.21. The zero-order valence-electron chi connectivity index (χ0n) is 6.40. The predicted octanol–water partition coefficient (Wildman–Crippen LogP) is -2.03. The van der Waals surface area contributed by atoms with Crippen LogP contribution in [0.4, 0.5) is 0 Å². The summed E-state index contributed by atoms with van der Waals surface area (Å²) in [5.74, 6) is -2.10. The van der Waals surface area contributed by atoms with E-state index in [2.05, 4.69) is 4.98 Å². The number of aromatic amines is 1. The van der Waals surface area contributed by atoms with E-state index in [9.17, 15) is 14.4 Å². The Morgan fingerprint density at radius 1 is 1.31 bits per heavy atom. The van der Waals surface area contributed by atoms with E-state index in [4.69, 9.17) is 11.5 Å². The summed E-state index contributed by atoms with van der Waals surface area (Å²) in [5, 5.41) is 0. The van der Waals surface area contributed by atoms with Crippen molar-refractivity contribution in [3.8, 4) is 0 Å². The van der Waals surface area contributed by atoms with Crippen LogP contribution in [-0.2, 0) is 0 Å². The van der Waals surface area contributed by atoms with Crippen molar-refractivity contribution in [1.82, 2.24) is 9.97 Å². The molecule has 1 rings (SSSR count). The number of nitrogens with two attached hydrogens (primary N) is 2. The lowest BCUT2D eigenvalue weighted by atomic mass is 10.3. The van der Waals surface area contributed by atoms with E-state index in [1.165, 1.54) is 0 Å². The standard InChI is InChI=1S/C6H6N4O3/c7-3(11)2-1-9-5(4(8)12)10-6(2)13/h1H,(H2,7,11)(H2,8,12)(H,9,10,13). The summed E-state index contributed by atoms with van der Waals surface area (Å²) >= 11 is 0. The van der Waals surface area contributed by atoms with Gasteiger partial charge >= 0.3 is 0 Å². The molecular formula is C6H6N4O3. The second-order valence-electron chi connectivity index (χ2n) is 2.20. The molecule has 0 radical (unpaired) electrons. The van der Waals surface area contributed by atoms with Gasteiger partial charge in [-0.15, -0.1) is 0 Å². The highest BCUT2D eigenvalue weighted by Gasteiger charge is 2.09. The van der Waals surface area contributed by atoms with Crippen LogP contribution in [0.2, 0.25) is 0 Å². The fraction of sp³-hybridized carbons (Fsp3) is 0. The minimum Gasteiger partial charge on any atom is -0.365 e. The zero-order chi connectivity index (χ0) is 10.0. The van der Waals surface area contributed by atoms with Crippen LogP contribution in [0.1, 0.15) is 21.0 Å². The van der Waals surface area contributed by atoms with Crippen LogP contribution in [-0.4, -0.2) is 21.8 Å². The quantitative estimate of drug-likeness (QED) is 0.486. The first kappa shape index (κ1) is 8.91. The molecule has 7 nitrogen and oxygen atoms in total. The average Bonchev–Trinajstić information content (AvgIpc) is 2.03. The molecule has 2 amide bonds. The molecule has 0 aliphatic rings. The van der Waals surface area contributed by atoms with E-state index in [1.54, 1.807) is 0 Å². The fourth-order valence-electron chi connectivity index (χ4n) is 0.696. The van der Waals surface area contributed by atoms with E-state index in [0.29, 0.717) is 0 Å². The van der Waals surface area contributed by atoms with Crippen LogP contribution in [0, 0.1) is 0 Å². The van der Waals surface area contributed by atoms with Crippen LogP contribution >= 0.6 is 0 Å². The topological polar surface area (TPSA) is 132 Å². The Morgan fingerprint density at radius 3 is 2.31 bits per heavy atom. The van der Waals surface area contributed by atoms with E-state index >= 15 is 0 Å². The van der Waals surface area contributed by atoms with Gasteiger partial charge in [0.15, 0.2) is 5.82 Å². The molecule has 5 N–H and O–H groups in total. The number of carbonyl (C=O) groups is 2. The largest absolute Gasteiger partial charge is 0.365 e. The van der Waals surface area contributed by atoms with Crippen molar-refractivity contribution < 1.29 is 9.59 Å². The Bertz CT molecular complexity index is 422. The van der Waals surface area contributed by atoms with Crippen LogP contribution < -0.4 is 17.0 Å². The van der Waals surface area contributed by atoms with Gasteiger partial charge in [0.05, 0.1) is 0 Å². The highest BCUT2D eigenvalue weighted by atomic mass is 16.2. The summed E-state index contributed by atoms with van der Waals surface area (Å²) in [7, 11) is 0. The number of nitrogens with one attached hydrogen (secondary N) is 1. The summed E-state index contributed by atoms with van der Waals surface area (Å²) in [6.07, 6.45) is 0.904. The fourth-order valence-corrected chi connectivity index (χ4v) is 0.696. The van der Waals surface area contributed by atoms with Crippen LogP contribution in [0.3, 0.4) is 0 Å². The van der Waals surface area contributed by atoms with Gasteiger partial charge in [0.25, 0.3) is 17.4 Å². The Balaban J connectivity index is 3.29. The molecular weight excluding hydrogens is 176 g/mol. The number of amides is 2. The SMILES string of the molecule is NC(=O)c1ncc(C(N)=O)c(=O)[nH]1. The molecule has 1 heterocycles. The molecule has 0 spiro atoms. The molecule has 0 aliphatic heterocycles. The highest BCUT2D eigenvalue weighted by Crippen LogP contribution is 1.87. The lowest BCUT2D eigenvalue weighted by Crippen LogP contribution is -2.28. The minimum atomic E-state index is -0.912. The molecule has 0 saturated carbocycles. The number of hydrogen-bond donors (Lipinski definition) is 3. The third-order valence-electron chi connectivity index (χ3n) is 1.30. The molecule has 13 heavy (non-hydrogen) atoms. The number of nitrogens with zero attached hydrogens (tertiary/aromatic N) is 1. The Kier molecular flexibility index (Phi) is 2.09. The molecule has 0 atom stereocenters. The van der Waals surface area contributed by atoms with Gasteiger partial charge in [-0.05, 0) is 0 Å². The molecule has 0 fully saturated rings. The third-order valence-corrected chi connectivity index (χ3v) is 1.30. The molecule has 1 aromatic heterocycles. The number of aromatic nitrogens is 2. The van der Waals surface area contributed by atoms with E-state index in [1.807, 2.05) is 4.98 Å². The smallest absolute Gasteiger partial charge is 0.284 e. The number of H-pyrrole nitrogens is 1. The van der Waals surface area contributed by atoms with Crippen molar-refractivity contribution in [2.45, 2.75) is 0 Å². The van der Waals surface area contributed by atoms with Gasteiger partial charge in [0.1, 0.15) is 5.56 Å². The van der Waals surface area contributed by atoms with Gasteiger partial charge in [-0.3, -0.25) is 14.4 Å². The van der Waals surface area contributed by atoms with Crippen molar-refractivity contribution in [1.29, 1.82) is 0 Å². The van der Waals surface area contributed by atoms with Crippen molar-refractivity contribution >= 4 is 11.8 Å². The van der Waals surface area contributed by atoms with Gasteiger partial charge in [-0.1, -0.05) is 0 Å². The van der Waals surface area contributed by atoms with Gasteiger partial charge in [-0.25, -0.2) is 4.98 Å². The summed E-state index contributed by atoms with van der Waals surface area (Å²) in [5.41, 5.74) is 8.55. The molecule has 0 unspecified atom stereocenters. The maximum Gasteiger partial charge on any atom is 0.284 e. The van der Waals surface area contributed by atoms with Crippen molar-refractivity contribution in [2.24, 2.45) is 11.5 Å². The van der Waals surface area contributed by atoms with Crippen molar-refractivity contribution in [3.05, 3.63) is 27.9 Å².